The smallest absolute Gasteiger partial charge is 0.258 e. The predicted octanol–water partition coefficient (Wildman–Crippen LogP) is 5.24. The molecule has 1 aromatic heterocycles. The summed E-state index contributed by atoms with van der Waals surface area (Å²) in [6.07, 6.45) is 0. The quantitative estimate of drug-likeness (QED) is 0.418. The molecule has 1 N–H and O–H groups in total. The standard InChI is InChI=1S/C24H24N2O3S/c1-15-6-5-7-19(12-15)26-23(28)22-16(2)13-17(3)25-24(22)30-14-21(27)18-8-10-20(29-4)11-9-18/h5-13H,14H2,1-4H3,(H,26,28). The summed E-state index contributed by atoms with van der Waals surface area (Å²) in [4.78, 5) is 30.1. The Bertz CT molecular complexity index is 1080. The molecule has 0 aliphatic rings. The Morgan fingerprint density at radius 3 is 2.43 bits per heavy atom. The lowest BCUT2D eigenvalue weighted by atomic mass is 10.1. The van der Waals surface area contributed by atoms with E-state index in [9.17, 15) is 9.59 Å². The number of hydrogen-bond donors (Lipinski definition) is 1. The number of nitrogens with one attached hydrogen (secondary N) is 1. The van der Waals surface area contributed by atoms with Crippen LogP contribution in [0.2, 0.25) is 0 Å². The van der Waals surface area contributed by atoms with E-state index >= 15 is 0 Å². The van der Waals surface area contributed by atoms with Crippen molar-refractivity contribution in [1.29, 1.82) is 0 Å². The number of thioether (sulfide) groups is 1. The van der Waals surface area contributed by atoms with Crippen molar-refractivity contribution in [3.63, 3.8) is 0 Å². The van der Waals surface area contributed by atoms with Crippen LogP contribution in [-0.4, -0.2) is 29.5 Å². The second-order valence-corrected chi connectivity index (χ2v) is 7.99. The first kappa shape index (κ1) is 21.6. The zero-order chi connectivity index (χ0) is 21.7. The number of aryl methyl sites for hydroxylation is 3. The second kappa shape index (κ2) is 9.59. The van der Waals surface area contributed by atoms with Crippen LogP contribution in [0.4, 0.5) is 5.69 Å². The van der Waals surface area contributed by atoms with Crippen LogP contribution in [0, 0.1) is 20.8 Å². The summed E-state index contributed by atoms with van der Waals surface area (Å²) in [5.74, 6) is 0.622. The number of methoxy groups -OCH3 is 1. The number of carbonyl (C=O) groups excluding carboxylic acids is 2. The number of hydrogen-bond acceptors (Lipinski definition) is 5. The van der Waals surface area contributed by atoms with Gasteiger partial charge in [-0.2, -0.15) is 0 Å². The molecule has 0 fully saturated rings. The molecule has 0 unspecified atom stereocenters. The molecular weight excluding hydrogens is 396 g/mol. The molecule has 30 heavy (non-hydrogen) atoms. The van der Waals surface area contributed by atoms with Gasteiger partial charge in [-0.25, -0.2) is 4.98 Å². The Balaban J connectivity index is 1.80. The molecule has 3 aromatic rings. The van der Waals surface area contributed by atoms with Gasteiger partial charge in [0.05, 0.1) is 18.4 Å². The van der Waals surface area contributed by atoms with Crippen molar-refractivity contribution in [1.82, 2.24) is 4.98 Å². The number of rotatable bonds is 7. The van der Waals surface area contributed by atoms with Crippen LogP contribution in [0.5, 0.6) is 5.75 Å². The summed E-state index contributed by atoms with van der Waals surface area (Å²) in [5, 5.41) is 3.50. The number of pyridine rings is 1. The molecule has 154 valence electrons. The maximum atomic E-state index is 13.0. The fourth-order valence-electron chi connectivity index (χ4n) is 3.09. The Kier molecular flexibility index (Phi) is 6.90. The van der Waals surface area contributed by atoms with Crippen molar-refractivity contribution in [2.45, 2.75) is 25.8 Å². The monoisotopic (exact) mass is 420 g/mol. The highest BCUT2D eigenvalue weighted by Crippen LogP contribution is 2.26. The number of aromatic nitrogens is 1. The number of benzene rings is 2. The molecule has 1 amide bonds. The summed E-state index contributed by atoms with van der Waals surface area (Å²) in [6, 6.07) is 16.5. The number of carbonyl (C=O) groups is 2. The van der Waals surface area contributed by atoms with Gasteiger partial charge in [-0.15, -0.1) is 0 Å². The molecule has 0 atom stereocenters. The van der Waals surface area contributed by atoms with Gasteiger partial charge in [0.1, 0.15) is 10.8 Å². The van der Waals surface area contributed by atoms with Gasteiger partial charge in [0.2, 0.25) is 0 Å². The summed E-state index contributed by atoms with van der Waals surface area (Å²) in [7, 11) is 1.59. The first-order valence-electron chi connectivity index (χ1n) is 9.53. The Labute approximate surface area is 180 Å². The molecule has 0 aliphatic heterocycles. The maximum absolute atomic E-state index is 13.0. The zero-order valence-corrected chi connectivity index (χ0v) is 18.3. The molecule has 0 bridgehead atoms. The average molecular weight is 421 g/mol. The minimum atomic E-state index is -0.231. The first-order valence-corrected chi connectivity index (χ1v) is 10.5. The third-order valence-corrected chi connectivity index (χ3v) is 5.54. The largest absolute Gasteiger partial charge is 0.497 e. The topological polar surface area (TPSA) is 68.3 Å². The van der Waals surface area contributed by atoms with E-state index in [-0.39, 0.29) is 17.4 Å². The molecule has 3 rings (SSSR count). The summed E-state index contributed by atoms with van der Waals surface area (Å²) in [6.45, 7) is 5.74. The van der Waals surface area contributed by atoms with Crippen LogP contribution < -0.4 is 10.1 Å². The number of anilines is 1. The van der Waals surface area contributed by atoms with E-state index < -0.39 is 0 Å². The zero-order valence-electron chi connectivity index (χ0n) is 17.5. The molecule has 0 radical (unpaired) electrons. The Hall–Kier alpha value is -3.12. The van der Waals surface area contributed by atoms with E-state index in [0.717, 1.165) is 22.5 Å². The lowest BCUT2D eigenvalue weighted by molar-refractivity contribution is 0.101. The molecule has 0 aliphatic carbocycles. The van der Waals surface area contributed by atoms with Gasteiger partial charge >= 0.3 is 0 Å². The number of Topliss-reactive ketones (excluding diaryl/α,β-unsaturated/α-hetero) is 1. The van der Waals surface area contributed by atoms with Crippen LogP contribution in [0.15, 0.2) is 59.6 Å². The minimum absolute atomic E-state index is 0.0337. The van der Waals surface area contributed by atoms with Gasteiger partial charge in [-0.1, -0.05) is 23.9 Å². The van der Waals surface area contributed by atoms with Gasteiger partial charge in [-0.05, 0) is 74.4 Å². The summed E-state index contributed by atoms with van der Waals surface area (Å²) in [5.41, 5.74) is 4.51. The molecular formula is C24H24N2O3S. The third-order valence-electron chi connectivity index (χ3n) is 4.57. The SMILES string of the molecule is COc1ccc(C(=O)CSc2nc(C)cc(C)c2C(=O)Nc2cccc(C)c2)cc1. The molecule has 0 spiro atoms. The highest BCUT2D eigenvalue weighted by Gasteiger charge is 2.19. The fraction of sp³-hybridized carbons (Fsp3) is 0.208. The highest BCUT2D eigenvalue weighted by molar-refractivity contribution is 8.00. The van der Waals surface area contributed by atoms with Crippen molar-refractivity contribution in [3.05, 3.63) is 82.5 Å². The van der Waals surface area contributed by atoms with Gasteiger partial charge in [-0.3, -0.25) is 9.59 Å². The van der Waals surface area contributed by atoms with Crippen LogP contribution in [0.25, 0.3) is 0 Å². The lowest BCUT2D eigenvalue weighted by Gasteiger charge is -2.13. The molecule has 0 saturated heterocycles. The van der Waals surface area contributed by atoms with Gasteiger partial charge in [0, 0.05) is 16.9 Å². The fourth-order valence-corrected chi connectivity index (χ4v) is 4.13. The van der Waals surface area contributed by atoms with E-state index in [2.05, 4.69) is 10.3 Å². The van der Waals surface area contributed by atoms with Crippen molar-refractivity contribution < 1.29 is 14.3 Å². The highest BCUT2D eigenvalue weighted by atomic mass is 32.2. The van der Waals surface area contributed by atoms with Crippen molar-refractivity contribution in [2.75, 3.05) is 18.2 Å². The number of ketones is 1. The number of amides is 1. The average Bonchev–Trinajstić information content (AvgIpc) is 2.71. The van der Waals surface area contributed by atoms with E-state index in [0.29, 0.717) is 21.9 Å². The van der Waals surface area contributed by atoms with Crippen LogP contribution in [-0.2, 0) is 0 Å². The summed E-state index contributed by atoms with van der Waals surface area (Å²) < 4.78 is 5.13. The van der Waals surface area contributed by atoms with Gasteiger partial charge in [0.15, 0.2) is 5.78 Å². The van der Waals surface area contributed by atoms with E-state index in [1.165, 1.54) is 11.8 Å². The normalized spacial score (nSPS) is 10.5. The maximum Gasteiger partial charge on any atom is 0.258 e. The molecule has 0 saturated carbocycles. The van der Waals surface area contributed by atoms with Crippen molar-refractivity contribution in [2.24, 2.45) is 0 Å². The predicted molar refractivity (Wildman–Crippen MR) is 121 cm³/mol. The Morgan fingerprint density at radius 2 is 1.77 bits per heavy atom. The molecule has 6 heteroatoms. The van der Waals surface area contributed by atoms with E-state index in [4.69, 9.17) is 4.74 Å². The van der Waals surface area contributed by atoms with Gasteiger partial charge < -0.3 is 10.1 Å². The first-order chi connectivity index (χ1) is 14.4. The third kappa shape index (κ3) is 5.27. The summed E-state index contributed by atoms with van der Waals surface area (Å²) >= 11 is 1.28. The number of nitrogens with zero attached hydrogens (tertiary/aromatic N) is 1. The molecule has 2 aromatic carbocycles. The molecule has 1 heterocycles. The van der Waals surface area contributed by atoms with E-state index in [1.54, 1.807) is 31.4 Å². The molecule has 5 nitrogen and oxygen atoms in total. The van der Waals surface area contributed by atoms with Crippen LogP contribution in [0.1, 0.15) is 37.5 Å². The van der Waals surface area contributed by atoms with E-state index in [1.807, 2.05) is 51.1 Å². The Morgan fingerprint density at radius 1 is 1.03 bits per heavy atom. The number of ether oxygens (including phenoxy) is 1. The van der Waals surface area contributed by atoms with Crippen LogP contribution in [0.3, 0.4) is 0 Å². The minimum Gasteiger partial charge on any atom is -0.497 e. The van der Waals surface area contributed by atoms with Crippen molar-refractivity contribution >= 4 is 29.1 Å². The second-order valence-electron chi connectivity index (χ2n) is 7.02. The van der Waals surface area contributed by atoms with Crippen LogP contribution >= 0.6 is 11.8 Å². The lowest BCUT2D eigenvalue weighted by Crippen LogP contribution is -2.16. The van der Waals surface area contributed by atoms with Gasteiger partial charge in [0.25, 0.3) is 5.91 Å². The van der Waals surface area contributed by atoms with Crippen molar-refractivity contribution in [3.8, 4) is 5.75 Å².